The van der Waals surface area contributed by atoms with Gasteiger partial charge in [0.1, 0.15) is 0 Å². The van der Waals surface area contributed by atoms with Crippen LogP contribution in [0.2, 0.25) is 0 Å². The maximum Gasteiger partial charge on any atom is 0.0111 e. The average molecular weight is 352 g/mol. The molecule has 0 aromatic rings. The summed E-state index contributed by atoms with van der Waals surface area (Å²) in [5, 5.41) is 0. The molecule has 1 heterocycles. The maximum atomic E-state index is 5.26. The van der Waals surface area contributed by atoms with Crippen LogP contribution in [0, 0.1) is 5.73 Å². The van der Waals surface area contributed by atoms with E-state index < -0.39 is 0 Å². The molecule has 1 saturated heterocycles. The van der Waals surface area contributed by atoms with Gasteiger partial charge in [-0.1, -0.05) is 12.5 Å². The molecular weight excluding hydrogens is 335 g/mol. The summed E-state index contributed by atoms with van der Waals surface area (Å²) >= 11 is 0. The molecule has 3 heteroatoms. The summed E-state index contributed by atoms with van der Waals surface area (Å²) in [5.74, 6) is 0. The normalized spacial score (nSPS) is 17.5. The molecule has 70 valence electrons. The third-order valence-corrected chi connectivity index (χ3v) is 2.06. The molecule has 0 bridgehead atoms. The minimum absolute atomic E-state index is 0. The van der Waals surface area contributed by atoms with Crippen LogP contribution in [0.25, 0.3) is 0 Å². The Balaban J connectivity index is 0. The first-order valence-electron chi connectivity index (χ1n) is 3.83. The van der Waals surface area contributed by atoms with Crippen LogP contribution < -0.4 is 0 Å². The van der Waals surface area contributed by atoms with Crippen molar-refractivity contribution in [2.75, 3.05) is 6.61 Å². The van der Waals surface area contributed by atoms with Crippen molar-refractivity contribution in [1.82, 2.24) is 0 Å². The molecule has 1 nitrogen and oxygen atoms in total. The summed E-state index contributed by atoms with van der Waals surface area (Å²) in [6, 6.07) is 0. The van der Waals surface area contributed by atoms with Crippen molar-refractivity contribution in [3.05, 3.63) is 18.4 Å². The Morgan fingerprint density at radius 3 is 2.27 bits per heavy atom. The van der Waals surface area contributed by atoms with Crippen LogP contribution in [-0.2, 0) is 25.8 Å². The van der Waals surface area contributed by atoms with Gasteiger partial charge in [0.2, 0.25) is 0 Å². The number of hydrogen-bond acceptors (Lipinski definition) is 1. The topological polar surface area (TPSA) is 9.23 Å². The molecule has 11 heavy (non-hydrogen) atoms. The van der Waals surface area contributed by atoms with Gasteiger partial charge in [-0.05, 0) is 13.3 Å². The second kappa shape index (κ2) is 10.6. The molecule has 0 saturated carbocycles. The first kappa shape index (κ1) is 14.1. The number of rotatable bonds is 0. The molecule has 0 aromatic heterocycles. The minimum Gasteiger partial charge on any atom is -0.551 e. The number of allylic oxidation sites excluding steroid dienone is 1. The van der Waals surface area contributed by atoms with E-state index in [0.29, 0.717) is 0 Å². The summed E-state index contributed by atoms with van der Waals surface area (Å²) in [5.41, 5.74) is 1.35. The van der Waals surface area contributed by atoms with Crippen molar-refractivity contribution in [1.29, 1.82) is 0 Å². The van der Waals surface area contributed by atoms with E-state index >= 15 is 0 Å². The van der Waals surface area contributed by atoms with Gasteiger partial charge in [-0.2, -0.15) is 6.42 Å². The van der Waals surface area contributed by atoms with Gasteiger partial charge in [-0.15, -0.1) is 16.8 Å². The Bertz CT molecular complexity index is 82.2. The molecule has 1 aliphatic rings. The molecular formula is C8H17OPtSi-. The zero-order chi connectivity index (χ0) is 7.82. The predicted octanol–water partition coefficient (Wildman–Crippen LogP) is 1.23. The Morgan fingerprint density at radius 1 is 1.55 bits per heavy atom. The van der Waals surface area contributed by atoms with Crippen LogP contribution in [0.4, 0.5) is 0 Å². The smallest absolute Gasteiger partial charge is 0.0111 e. The van der Waals surface area contributed by atoms with Gasteiger partial charge in [0.25, 0.3) is 0 Å². The third-order valence-electron chi connectivity index (χ3n) is 1.27. The minimum atomic E-state index is 0. The first-order valence-corrected chi connectivity index (χ1v) is 4.83. The molecule has 0 radical (unpaired) electrons. The molecule has 1 rings (SSSR count). The van der Waals surface area contributed by atoms with Gasteiger partial charge in [-0.3, -0.25) is 0 Å². The molecule has 1 aliphatic heterocycles. The van der Waals surface area contributed by atoms with E-state index in [-0.39, 0.29) is 21.1 Å². The fourth-order valence-electron chi connectivity index (χ4n) is 0.795. The Hall–Kier alpha value is 0.605. The van der Waals surface area contributed by atoms with Crippen molar-refractivity contribution in [3.63, 3.8) is 0 Å². The largest absolute Gasteiger partial charge is 0.551 e. The second-order valence-electron chi connectivity index (χ2n) is 2.42. The van der Waals surface area contributed by atoms with Crippen LogP contribution in [0.5, 0.6) is 0 Å². The van der Waals surface area contributed by atoms with Crippen LogP contribution in [0.3, 0.4) is 0 Å². The van der Waals surface area contributed by atoms with E-state index in [1.54, 1.807) is 6.08 Å². The van der Waals surface area contributed by atoms with Crippen molar-refractivity contribution in [2.24, 2.45) is 0 Å². The fourth-order valence-corrected chi connectivity index (χ4v) is 1.35. The standard InChI is InChI=1S/C5H11OSi.C3H6.Pt/c7-5-3-1-2-4-6-5;1-3-2;/h1-4H2,7H3;3H,1H2,2H3;/q-1;;. The predicted molar refractivity (Wildman–Crippen MR) is 48.9 cm³/mol. The van der Waals surface area contributed by atoms with Gasteiger partial charge in [-0.25, -0.2) is 5.73 Å². The van der Waals surface area contributed by atoms with Crippen LogP contribution in [-0.4, -0.2) is 16.8 Å². The molecule has 0 atom stereocenters. The molecule has 0 unspecified atom stereocenters. The Morgan fingerprint density at radius 2 is 2.09 bits per heavy atom. The van der Waals surface area contributed by atoms with E-state index in [1.165, 1.54) is 25.0 Å². The molecule has 0 spiro atoms. The van der Waals surface area contributed by atoms with E-state index in [4.69, 9.17) is 4.74 Å². The SMILES string of the molecule is C=CC.[Pt].[SiH3][C-]1CCCCO1. The van der Waals surface area contributed by atoms with E-state index in [2.05, 4.69) is 6.58 Å². The summed E-state index contributed by atoms with van der Waals surface area (Å²) in [4.78, 5) is 0. The molecule has 1 fully saturated rings. The van der Waals surface area contributed by atoms with E-state index in [9.17, 15) is 0 Å². The van der Waals surface area contributed by atoms with Crippen molar-refractivity contribution in [3.8, 4) is 0 Å². The van der Waals surface area contributed by atoms with Gasteiger partial charge in [0, 0.05) is 27.7 Å². The number of ether oxygens (including phenoxy) is 1. The third kappa shape index (κ3) is 10.6. The Kier molecular flexibility index (Phi) is 13.6. The maximum absolute atomic E-state index is 5.26. The van der Waals surface area contributed by atoms with Gasteiger partial charge < -0.3 is 4.74 Å². The van der Waals surface area contributed by atoms with Crippen LogP contribution >= 0.6 is 0 Å². The van der Waals surface area contributed by atoms with Crippen molar-refractivity contribution >= 4 is 10.2 Å². The summed E-state index contributed by atoms with van der Waals surface area (Å²) in [7, 11) is 1.15. The monoisotopic (exact) mass is 352 g/mol. The van der Waals surface area contributed by atoms with Crippen LogP contribution in [0.1, 0.15) is 26.2 Å². The summed E-state index contributed by atoms with van der Waals surface area (Å²) in [6.07, 6.45) is 5.62. The van der Waals surface area contributed by atoms with E-state index in [1.807, 2.05) is 6.92 Å². The Labute approximate surface area is 87.3 Å². The zero-order valence-electron chi connectivity index (χ0n) is 7.34. The average Bonchev–Trinajstić information content (AvgIpc) is 1.91. The second-order valence-corrected chi connectivity index (χ2v) is 3.53. The van der Waals surface area contributed by atoms with Crippen LogP contribution in [0.15, 0.2) is 12.7 Å². The van der Waals surface area contributed by atoms with E-state index in [0.717, 1.165) is 16.8 Å². The molecule has 0 amide bonds. The molecule has 0 N–H and O–H groups in total. The summed E-state index contributed by atoms with van der Waals surface area (Å²) in [6.45, 7) is 6.23. The van der Waals surface area contributed by atoms with Crippen molar-refractivity contribution in [2.45, 2.75) is 26.2 Å². The fraction of sp³-hybridized carbons (Fsp3) is 0.625. The van der Waals surface area contributed by atoms with Gasteiger partial charge in [0.15, 0.2) is 0 Å². The molecule has 0 aromatic carbocycles. The quantitative estimate of drug-likeness (QED) is 0.362. The molecule has 0 aliphatic carbocycles. The van der Waals surface area contributed by atoms with Gasteiger partial charge >= 0.3 is 0 Å². The summed E-state index contributed by atoms with van der Waals surface area (Å²) < 4.78 is 5.26. The zero-order valence-corrected chi connectivity index (χ0v) is 11.6. The first-order chi connectivity index (χ1) is 4.81. The van der Waals surface area contributed by atoms with Gasteiger partial charge in [0.05, 0.1) is 0 Å². The number of hydrogen-bond donors (Lipinski definition) is 0. The van der Waals surface area contributed by atoms with Crippen molar-refractivity contribution < 1.29 is 25.8 Å².